The molecule has 0 bridgehead atoms. The van der Waals surface area contributed by atoms with Crippen LogP contribution in [0.3, 0.4) is 0 Å². The highest BCUT2D eigenvalue weighted by molar-refractivity contribution is 9.10. The number of carboxylic acids is 1. The number of hydrogen-bond acceptors (Lipinski definition) is 3. The van der Waals surface area contributed by atoms with Crippen molar-refractivity contribution in [2.45, 2.75) is 0 Å². The van der Waals surface area contributed by atoms with Crippen molar-refractivity contribution in [3.63, 3.8) is 0 Å². The highest BCUT2D eigenvalue weighted by Gasteiger charge is 2.21. The number of aromatic carboxylic acids is 1. The van der Waals surface area contributed by atoms with Crippen LogP contribution in [0.25, 0.3) is 16.9 Å². The van der Waals surface area contributed by atoms with Gasteiger partial charge in [-0.1, -0.05) is 51.5 Å². The Morgan fingerprint density at radius 2 is 1.71 bits per heavy atom. The molecule has 0 unspecified atom stereocenters. The Morgan fingerprint density at radius 1 is 1.05 bits per heavy atom. The highest BCUT2D eigenvalue weighted by atomic mass is 79.9. The third-order valence-corrected chi connectivity index (χ3v) is 3.52. The molecule has 0 aliphatic rings. The van der Waals surface area contributed by atoms with Gasteiger partial charge in [-0.2, -0.15) is 0 Å². The van der Waals surface area contributed by atoms with E-state index < -0.39 is 5.97 Å². The number of carbonyl (C=O) groups is 1. The molecule has 3 rings (SSSR count). The quantitative estimate of drug-likeness (QED) is 0.791. The van der Waals surface area contributed by atoms with E-state index in [2.05, 4.69) is 26.2 Å². The van der Waals surface area contributed by atoms with Crippen molar-refractivity contribution in [1.82, 2.24) is 15.0 Å². The lowest BCUT2D eigenvalue weighted by Crippen LogP contribution is -2.03. The smallest absolute Gasteiger partial charge is 0.358 e. The number of benzene rings is 2. The number of hydrogen-bond donors (Lipinski definition) is 1. The van der Waals surface area contributed by atoms with Crippen LogP contribution in [0.4, 0.5) is 0 Å². The second-order valence-corrected chi connectivity index (χ2v) is 5.26. The second-order valence-electron chi connectivity index (χ2n) is 4.35. The van der Waals surface area contributed by atoms with Gasteiger partial charge in [-0.25, -0.2) is 9.48 Å². The van der Waals surface area contributed by atoms with Gasteiger partial charge in [-0.05, 0) is 24.3 Å². The van der Waals surface area contributed by atoms with E-state index in [0.717, 1.165) is 15.7 Å². The molecule has 2 aromatic carbocycles. The Morgan fingerprint density at radius 3 is 2.33 bits per heavy atom. The van der Waals surface area contributed by atoms with E-state index in [-0.39, 0.29) is 5.69 Å². The summed E-state index contributed by atoms with van der Waals surface area (Å²) in [5.74, 6) is -1.10. The molecule has 104 valence electrons. The molecule has 6 heteroatoms. The zero-order valence-corrected chi connectivity index (χ0v) is 12.4. The molecule has 0 saturated heterocycles. The molecule has 3 aromatic rings. The van der Waals surface area contributed by atoms with Gasteiger partial charge >= 0.3 is 5.97 Å². The third-order valence-electron chi connectivity index (χ3n) is 2.99. The third kappa shape index (κ3) is 2.57. The van der Waals surface area contributed by atoms with E-state index in [1.807, 2.05) is 54.6 Å². The SMILES string of the molecule is O=C(O)c1nnn(-c2ccc(Br)cc2)c1-c1ccccc1. The van der Waals surface area contributed by atoms with Gasteiger partial charge in [-0.3, -0.25) is 0 Å². The summed E-state index contributed by atoms with van der Waals surface area (Å²) in [7, 11) is 0. The van der Waals surface area contributed by atoms with Gasteiger partial charge in [-0.15, -0.1) is 5.10 Å². The number of halogens is 1. The first kappa shape index (κ1) is 13.5. The Labute approximate surface area is 129 Å². The van der Waals surface area contributed by atoms with E-state index >= 15 is 0 Å². The fourth-order valence-electron chi connectivity index (χ4n) is 2.04. The van der Waals surface area contributed by atoms with E-state index in [1.165, 1.54) is 4.68 Å². The first-order chi connectivity index (χ1) is 10.2. The molecule has 1 heterocycles. The van der Waals surface area contributed by atoms with Gasteiger partial charge in [0.25, 0.3) is 0 Å². The maximum atomic E-state index is 11.4. The second kappa shape index (κ2) is 5.49. The lowest BCUT2D eigenvalue weighted by Gasteiger charge is -2.07. The van der Waals surface area contributed by atoms with Crippen LogP contribution in [0.1, 0.15) is 10.5 Å². The summed E-state index contributed by atoms with van der Waals surface area (Å²) in [5, 5.41) is 17.1. The number of rotatable bonds is 3. The van der Waals surface area contributed by atoms with Crippen molar-refractivity contribution in [3.8, 4) is 16.9 Å². The molecule has 0 spiro atoms. The molecule has 0 radical (unpaired) electrons. The van der Waals surface area contributed by atoms with Crippen LogP contribution in [0.15, 0.2) is 59.1 Å². The maximum Gasteiger partial charge on any atom is 0.358 e. The summed E-state index contributed by atoms with van der Waals surface area (Å²) in [4.78, 5) is 11.4. The van der Waals surface area contributed by atoms with Crippen molar-refractivity contribution in [2.75, 3.05) is 0 Å². The van der Waals surface area contributed by atoms with Crippen molar-refractivity contribution in [3.05, 3.63) is 64.8 Å². The molecule has 1 aromatic heterocycles. The molecule has 0 saturated carbocycles. The number of nitrogens with zero attached hydrogens (tertiary/aromatic N) is 3. The fourth-order valence-corrected chi connectivity index (χ4v) is 2.31. The average Bonchev–Trinajstić information content (AvgIpc) is 2.94. The standard InChI is InChI=1S/C15H10BrN3O2/c16-11-6-8-12(9-7-11)19-14(10-4-2-1-3-5-10)13(15(20)21)17-18-19/h1-9H,(H,20,21). The van der Waals surface area contributed by atoms with E-state index in [0.29, 0.717) is 5.69 Å². The van der Waals surface area contributed by atoms with Crippen LogP contribution in [-0.4, -0.2) is 26.1 Å². The molecule has 0 aliphatic heterocycles. The van der Waals surface area contributed by atoms with E-state index in [9.17, 15) is 9.90 Å². The van der Waals surface area contributed by atoms with Crippen molar-refractivity contribution in [2.24, 2.45) is 0 Å². The minimum absolute atomic E-state index is 0.0656. The normalized spacial score (nSPS) is 10.5. The lowest BCUT2D eigenvalue weighted by atomic mass is 10.1. The van der Waals surface area contributed by atoms with Gasteiger partial charge in [0.1, 0.15) is 5.69 Å². The first-order valence-corrected chi connectivity index (χ1v) is 6.96. The zero-order chi connectivity index (χ0) is 14.8. The van der Waals surface area contributed by atoms with Gasteiger partial charge in [0.15, 0.2) is 5.69 Å². The van der Waals surface area contributed by atoms with Crippen LogP contribution < -0.4 is 0 Å². The minimum Gasteiger partial charge on any atom is -0.476 e. The van der Waals surface area contributed by atoms with Gasteiger partial charge in [0.05, 0.1) is 5.69 Å². The van der Waals surface area contributed by atoms with Crippen LogP contribution in [-0.2, 0) is 0 Å². The number of aromatic nitrogens is 3. The Kier molecular flexibility index (Phi) is 3.53. The van der Waals surface area contributed by atoms with Crippen LogP contribution in [0.2, 0.25) is 0 Å². The Balaban J connectivity index is 2.22. The van der Waals surface area contributed by atoms with E-state index in [4.69, 9.17) is 0 Å². The summed E-state index contributed by atoms with van der Waals surface area (Å²) in [6.45, 7) is 0. The van der Waals surface area contributed by atoms with Gasteiger partial charge < -0.3 is 5.11 Å². The van der Waals surface area contributed by atoms with Gasteiger partial charge in [0, 0.05) is 10.0 Å². The Hall–Kier alpha value is -2.47. The summed E-state index contributed by atoms with van der Waals surface area (Å²) >= 11 is 3.37. The molecule has 0 amide bonds. The zero-order valence-electron chi connectivity index (χ0n) is 10.8. The molecule has 5 nitrogen and oxygen atoms in total. The predicted molar refractivity (Wildman–Crippen MR) is 81.5 cm³/mol. The summed E-state index contributed by atoms with van der Waals surface area (Å²) in [6, 6.07) is 16.7. The van der Waals surface area contributed by atoms with Crippen LogP contribution in [0.5, 0.6) is 0 Å². The summed E-state index contributed by atoms with van der Waals surface area (Å²) < 4.78 is 2.47. The van der Waals surface area contributed by atoms with Gasteiger partial charge in [0.2, 0.25) is 0 Å². The molecule has 1 N–H and O–H groups in total. The number of carboxylic acid groups (broad SMARTS) is 1. The summed E-state index contributed by atoms with van der Waals surface area (Å²) in [6.07, 6.45) is 0. The molecule has 21 heavy (non-hydrogen) atoms. The topological polar surface area (TPSA) is 68.0 Å². The van der Waals surface area contributed by atoms with Crippen LogP contribution in [0, 0.1) is 0 Å². The molecule has 0 aliphatic carbocycles. The lowest BCUT2D eigenvalue weighted by molar-refractivity contribution is 0.0691. The minimum atomic E-state index is -1.10. The summed E-state index contributed by atoms with van der Waals surface area (Å²) in [5.41, 5.74) is 1.90. The highest BCUT2D eigenvalue weighted by Crippen LogP contribution is 2.25. The van der Waals surface area contributed by atoms with Crippen molar-refractivity contribution >= 4 is 21.9 Å². The Bertz CT molecular complexity index is 782. The molecular formula is C15H10BrN3O2. The van der Waals surface area contributed by atoms with E-state index in [1.54, 1.807) is 0 Å². The fraction of sp³-hybridized carbons (Fsp3) is 0. The predicted octanol–water partition coefficient (Wildman–Crippen LogP) is 3.40. The van der Waals surface area contributed by atoms with Crippen molar-refractivity contribution in [1.29, 1.82) is 0 Å². The molecule has 0 atom stereocenters. The monoisotopic (exact) mass is 343 g/mol. The first-order valence-electron chi connectivity index (χ1n) is 6.17. The van der Waals surface area contributed by atoms with Crippen LogP contribution >= 0.6 is 15.9 Å². The molecular weight excluding hydrogens is 334 g/mol. The average molecular weight is 344 g/mol. The molecule has 0 fully saturated rings. The van der Waals surface area contributed by atoms with Crippen molar-refractivity contribution < 1.29 is 9.90 Å². The maximum absolute atomic E-state index is 11.4. The largest absolute Gasteiger partial charge is 0.476 e.